The van der Waals surface area contributed by atoms with Gasteiger partial charge < -0.3 is 20.1 Å². The molecule has 3 N–H and O–H groups in total. The zero-order valence-electron chi connectivity index (χ0n) is 11.8. The van der Waals surface area contributed by atoms with Crippen LogP contribution in [0.5, 0.6) is 0 Å². The maximum absolute atomic E-state index is 12.5. The van der Waals surface area contributed by atoms with Crippen molar-refractivity contribution in [3.8, 4) is 0 Å². The van der Waals surface area contributed by atoms with Gasteiger partial charge in [0.15, 0.2) is 11.4 Å². The van der Waals surface area contributed by atoms with E-state index < -0.39 is 36.3 Å². The molecule has 0 amide bonds. The first-order valence-corrected chi connectivity index (χ1v) is 6.60. The summed E-state index contributed by atoms with van der Waals surface area (Å²) in [6.45, 7) is 4.87. The molecule has 4 atom stereocenters. The lowest BCUT2D eigenvalue weighted by atomic mass is 9.77. The molecule has 0 bridgehead atoms. The predicted octanol–water partition coefficient (Wildman–Crippen LogP) is 0.260. The minimum atomic E-state index is -1.44. The smallest absolute Gasteiger partial charge is 0.199 e. The SMILES string of the molecule is C/C=C/C1=C(CO)C(=O)[C@@]2([C@H](O)C=C(C)C)O[C@H]2[C@@H]1O. The first kappa shape index (κ1) is 15.1. The molecule has 0 aromatic rings. The Morgan fingerprint density at radius 1 is 1.50 bits per heavy atom. The van der Waals surface area contributed by atoms with Crippen LogP contribution >= 0.6 is 0 Å². The van der Waals surface area contributed by atoms with Crippen LogP contribution in [0.4, 0.5) is 0 Å². The van der Waals surface area contributed by atoms with E-state index in [0.717, 1.165) is 5.57 Å². The van der Waals surface area contributed by atoms with Crippen molar-refractivity contribution < 1.29 is 24.9 Å². The van der Waals surface area contributed by atoms with Crippen LogP contribution in [0.1, 0.15) is 20.8 Å². The summed E-state index contributed by atoms with van der Waals surface area (Å²) >= 11 is 0. The lowest BCUT2D eigenvalue weighted by Crippen LogP contribution is -2.47. The molecular weight excluding hydrogens is 260 g/mol. The molecule has 0 spiro atoms. The Kier molecular flexibility index (Phi) is 3.97. The third kappa shape index (κ3) is 2.07. The fourth-order valence-corrected chi connectivity index (χ4v) is 2.72. The van der Waals surface area contributed by atoms with Gasteiger partial charge in [0.05, 0.1) is 6.61 Å². The van der Waals surface area contributed by atoms with Gasteiger partial charge in [-0.2, -0.15) is 0 Å². The fraction of sp³-hybridized carbons (Fsp3) is 0.533. The first-order chi connectivity index (χ1) is 9.40. The second-order valence-electron chi connectivity index (χ2n) is 5.39. The molecule has 0 aromatic heterocycles. The molecule has 1 saturated heterocycles. The predicted molar refractivity (Wildman–Crippen MR) is 73.0 cm³/mol. The summed E-state index contributed by atoms with van der Waals surface area (Å²) in [6.07, 6.45) is 1.89. The van der Waals surface area contributed by atoms with Gasteiger partial charge in [-0.05, 0) is 26.3 Å². The van der Waals surface area contributed by atoms with Crippen molar-refractivity contribution in [3.63, 3.8) is 0 Å². The number of rotatable bonds is 4. The van der Waals surface area contributed by atoms with Crippen molar-refractivity contribution in [2.45, 2.75) is 44.7 Å². The second kappa shape index (κ2) is 5.26. The van der Waals surface area contributed by atoms with E-state index in [2.05, 4.69) is 0 Å². The molecule has 20 heavy (non-hydrogen) atoms. The van der Waals surface area contributed by atoms with Crippen molar-refractivity contribution in [1.82, 2.24) is 0 Å². The van der Waals surface area contributed by atoms with Gasteiger partial charge in [0.25, 0.3) is 0 Å². The van der Waals surface area contributed by atoms with Gasteiger partial charge in [0, 0.05) is 5.57 Å². The van der Waals surface area contributed by atoms with E-state index in [0.29, 0.717) is 5.57 Å². The molecule has 5 heteroatoms. The third-order valence-electron chi connectivity index (χ3n) is 3.71. The van der Waals surface area contributed by atoms with Gasteiger partial charge in [-0.3, -0.25) is 4.79 Å². The highest BCUT2D eigenvalue weighted by atomic mass is 16.6. The number of carbonyl (C=O) groups excluding carboxylic acids is 1. The van der Waals surface area contributed by atoms with Gasteiger partial charge in [-0.1, -0.05) is 23.8 Å². The maximum atomic E-state index is 12.5. The van der Waals surface area contributed by atoms with E-state index >= 15 is 0 Å². The Labute approximate surface area is 117 Å². The normalized spacial score (nSPS) is 34.2. The van der Waals surface area contributed by atoms with Crippen LogP contribution in [0.25, 0.3) is 0 Å². The molecular formula is C15H20O5. The number of allylic oxidation sites excluding steroid dienone is 2. The van der Waals surface area contributed by atoms with Crippen molar-refractivity contribution in [1.29, 1.82) is 0 Å². The molecule has 1 aliphatic carbocycles. The lowest BCUT2D eigenvalue weighted by Gasteiger charge is -2.26. The van der Waals surface area contributed by atoms with E-state index in [-0.39, 0.29) is 5.57 Å². The number of Topliss-reactive ketones (excluding diaryl/α,β-unsaturated/α-hetero) is 1. The van der Waals surface area contributed by atoms with Crippen molar-refractivity contribution in [3.05, 3.63) is 34.9 Å². The molecule has 0 saturated carbocycles. The van der Waals surface area contributed by atoms with Gasteiger partial charge in [-0.25, -0.2) is 0 Å². The van der Waals surface area contributed by atoms with Crippen molar-refractivity contribution in [2.75, 3.05) is 6.61 Å². The number of fused-ring (bicyclic) bond motifs is 1. The zero-order valence-corrected chi connectivity index (χ0v) is 11.8. The van der Waals surface area contributed by atoms with E-state index in [1.165, 1.54) is 6.08 Å². The highest BCUT2D eigenvalue weighted by Gasteiger charge is 2.71. The molecule has 2 aliphatic rings. The largest absolute Gasteiger partial charge is 0.392 e. The van der Waals surface area contributed by atoms with E-state index in [1.54, 1.807) is 32.9 Å². The van der Waals surface area contributed by atoms with Gasteiger partial charge >= 0.3 is 0 Å². The van der Waals surface area contributed by atoms with Crippen molar-refractivity contribution >= 4 is 5.78 Å². The minimum absolute atomic E-state index is 0.102. The highest BCUT2D eigenvalue weighted by molar-refractivity contribution is 6.07. The molecule has 0 radical (unpaired) electrons. The summed E-state index contributed by atoms with van der Waals surface area (Å²) in [6, 6.07) is 0. The Morgan fingerprint density at radius 3 is 2.65 bits per heavy atom. The summed E-state index contributed by atoms with van der Waals surface area (Å²) in [7, 11) is 0. The molecule has 0 unspecified atom stereocenters. The summed E-state index contributed by atoms with van der Waals surface area (Å²) in [5.41, 5.74) is -0.134. The van der Waals surface area contributed by atoms with Crippen LogP contribution in [-0.4, -0.2) is 51.6 Å². The number of aliphatic hydroxyl groups excluding tert-OH is 3. The highest BCUT2D eigenvalue weighted by Crippen LogP contribution is 2.50. The number of ketones is 1. The number of epoxide rings is 1. The Bertz CT molecular complexity index is 512. The van der Waals surface area contributed by atoms with Crippen molar-refractivity contribution in [2.24, 2.45) is 0 Å². The molecule has 1 fully saturated rings. The van der Waals surface area contributed by atoms with E-state index in [1.807, 2.05) is 0 Å². The van der Waals surface area contributed by atoms with Crippen LogP contribution in [0.3, 0.4) is 0 Å². The monoisotopic (exact) mass is 280 g/mol. The third-order valence-corrected chi connectivity index (χ3v) is 3.71. The fourth-order valence-electron chi connectivity index (χ4n) is 2.72. The van der Waals surface area contributed by atoms with Gasteiger partial charge in [-0.15, -0.1) is 0 Å². The summed E-state index contributed by atoms with van der Waals surface area (Å²) in [5, 5.41) is 29.9. The zero-order chi connectivity index (χ0) is 15.1. The Morgan fingerprint density at radius 2 is 2.15 bits per heavy atom. The van der Waals surface area contributed by atoms with Crippen LogP contribution in [0.2, 0.25) is 0 Å². The Balaban J connectivity index is 2.45. The number of aliphatic hydroxyl groups is 3. The average Bonchev–Trinajstić information content (AvgIpc) is 3.13. The van der Waals surface area contributed by atoms with Crippen LogP contribution in [-0.2, 0) is 9.53 Å². The lowest BCUT2D eigenvalue weighted by molar-refractivity contribution is -0.124. The topological polar surface area (TPSA) is 90.3 Å². The molecule has 1 heterocycles. The minimum Gasteiger partial charge on any atom is -0.392 e. The molecule has 1 aliphatic heterocycles. The standard InChI is InChI=1S/C15H20O5/c1-4-5-9-10(7-16)13(19)15(11(17)6-8(2)3)14(20-15)12(9)18/h4-6,11-12,14,16-18H,7H2,1-3H3/b5-4+/t11-,12-,14+,15-/m1/s1. The summed E-state index contributed by atoms with van der Waals surface area (Å²) in [5.74, 6) is -0.451. The van der Waals surface area contributed by atoms with Gasteiger partial charge in [0.1, 0.15) is 18.3 Å². The van der Waals surface area contributed by atoms with Crippen LogP contribution in [0, 0.1) is 0 Å². The molecule has 110 valence electrons. The molecule has 2 rings (SSSR count). The maximum Gasteiger partial charge on any atom is 0.199 e. The summed E-state index contributed by atoms with van der Waals surface area (Å²) < 4.78 is 5.38. The molecule has 0 aromatic carbocycles. The summed E-state index contributed by atoms with van der Waals surface area (Å²) in [4.78, 5) is 12.5. The number of hydrogen-bond donors (Lipinski definition) is 3. The van der Waals surface area contributed by atoms with E-state index in [4.69, 9.17) is 4.74 Å². The Hall–Kier alpha value is -1.27. The number of ether oxygens (including phenoxy) is 1. The van der Waals surface area contributed by atoms with Crippen LogP contribution in [0.15, 0.2) is 34.9 Å². The van der Waals surface area contributed by atoms with Crippen LogP contribution < -0.4 is 0 Å². The van der Waals surface area contributed by atoms with E-state index in [9.17, 15) is 20.1 Å². The quantitative estimate of drug-likeness (QED) is 0.507. The first-order valence-electron chi connectivity index (χ1n) is 6.60. The van der Waals surface area contributed by atoms with Gasteiger partial charge in [0.2, 0.25) is 0 Å². The number of carbonyl (C=O) groups is 1. The average molecular weight is 280 g/mol. The second-order valence-corrected chi connectivity index (χ2v) is 5.39. The molecule has 5 nitrogen and oxygen atoms in total. The number of hydrogen-bond acceptors (Lipinski definition) is 5.